The summed E-state index contributed by atoms with van der Waals surface area (Å²) in [4.78, 5) is 0. The second-order valence-electron chi connectivity index (χ2n) is 2.62. The Balaban J connectivity index is 3.01. The van der Waals surface area contributed by atoms with E-state index in [9.17, 15) is 4.39 Å². The van der Waals surface area contributed by atoms with Crippen LogP contribution in [-0.2, 0) is 0 Å². The monoisotopic (exact) mass is 169 g/mol. The maximum atomic E-state index is 13.1. The molecule has 3 nitrogen and oxygen atoms in total. The fourth-order valence-electron chi connectivity index (χ4n) is 0.971. The molecule has 0 amide bonds. The normalized spacial score (nSPS) is 12.9. The van der Waals surface area contributed by atoms with E-state index >= 15 is 0 Å². The summed E-state index contributed by atoms with van der Waals surface area (Å²) in [6.45, 7) is 0.223. The van der Waals surface area contributed by atoms with Gasteiger partial charge in [-0.05, 0) is 12.1 Å². The van der Waals surface area contributed by atoms with E-state index < -0.39 is 11.9 Å². The van der Waals surface area contributed by atoms with Crippen LogP contribution >= 0.6 is 0 Å². The van der Waals surface area contributed by atoms with Crippen LogP contribution in [0.5, 0.6) is 0 Å². The predicted octanol–water partition coefficient (Wildman–Crippen LogP) is 0.366. The van der Waals surface area contributed by atoms with E-state index in [0.29, 0.717) is 11.3 Å². The molecule has 0 heterocycles. The SMILES string of the molecule is NC[C@H](N)c1ccc(N)cc1F. The van der Waals surface area contributed by atoms with E-state index in [0.717, 1.165) is 0 Å². The molecule has 0 saturated heterocycles. The number of benzene rings is 1. The minimum Gasteiger partial charge on any atom is -0.399 e. The van der Waals surface area contributed by atoms with Crippen LogP contribution in [0.2, 0.25) is 0 Å². The maximum absolute atomic E-state index is 13.1. The Morgan fingerprint density at radius 1 is 1.42 bits per heavy atom. The molecule has 1 rings (SSSR count). The Morgan fingerprint density at radius 3 is 2.58 bits per heavy atom. The third-order valence-corrected chi connectivity index (χ3v) is 1.68. The average Bonchev–Trinajstić information content (AvgIpc) is 2.03. The second kappa shape index (κ2) is 3.51. The van der Waals surface area contributed by atoms with Gasteiger partial charge in [-0.15, -0.1) is 0 Å². The molecular weight excluding hydrogens is 157 g/mol. The number of nitrogens with two attached hydrogens (primary N) is 3. The van der Waals surface area contributed by atoms with Crippen LogP contribution in [0, 0.1) is 5.82 Å². The Labute approximate surface area is 70.3 Å². The molecule has 0 saturated carbocycles. The molecule has 0 aliphatic heterocycles. The standard InChI is InChI=1S/C8H12FN3/c9-7-3-5(11)1-2-6(7)8(12)4-10/h1-3,8H,4,10-12H2/t8-/m0/s1. The number of nitrogen functional groups attached to an aromatic ring is 1. The molecule has 0 fully saturated rings. The van der Waals surface area contributed by atoms with Crippen LogP contribution < -0.4 is 17.2 Å². The van der Waals surface area contributed by atoms with Crippen molar-refractivity contribution in [1.82, 2.24) is 0 Å². The van der Waals surface area contributed by atoms with Gasteiger partial charge in [0.25, 0.3) is 0 Å². The van der Waals surface area contributed by atoms with Crippen LogP contribution in [0.3, 0.4) is 0 Å². The first-order valence-electron chi connectivity index (χ1n) is 3.65. The molecule has 1 aromatic carbocycles. The van der Waals surface area contributed by atoms with Crippen molar-refractivity contribution in [2.24, 2.45) is 11.5 Å². The van der Waals surface area contributed by atoms with E-state index in [-0.39, 0.29) is 6.54 Å². The van der Waals surface area contributed by atoms with Crippen molar-refractivity contribution in [1.29, 1.82) is 0 Å². The Hall–Kier alpha value is -1.13. The van der Waals surface area contributed by atoms with Gasteiger partial charge in [0.2, 0.25) is 0 Å². The zero-order valence-electron chi connectivity index (χ0n) is 6.63. The van der Waals surface area contributed by atoms with Crippen LogP contribution in [0.15, 0.2) is 18.2 Å². The number of hydrogen-bond acceptors (Lipinski definition) is 3. The lowest BCUT2D eigenvalue weighted by Crippen LogP contribution is -2.21. The van der Waals surface area contributed by atoms with Gasteiger partial charge >= 0.3 is 0 Å². The van der Waals surface area contributed by atoms with E-state index in [2.05, 4.69) is 0 Å². The molecule has 6 N–H and O–H groups in total. The summed E-state index contributed by atoms with van der Waals surface area (Å²) in [6, 6.07) is 3.95. The highest BCUT2D eigenvalue weighted by Crippen LogP contribution is 2.16. The van der Waals surface area contributed by atoms with Crippen molar-refractivity contribution < 1.29 is 4.39 Å². The van der Waals surface area contributed by atoms with Crippen LogP contribution in [0.4, 0.5) is 10.1 Å². The van der Waals surface area contributed by atoms with E-state index in [1.807, 2.05) is 0 Å². The fourth-order valence-corrected chi connectivity index (χ4v) is 0.971. The van der Waals surface area contributed by atoms with Crippen molar-refractivity contribution in [2.45, 2.75) is 6.04 Å². The van der Waals surface area contributed by atoms with Gasteiger partial charge in [0.05, 0.1) is 0 Å². The van der Waals surface area contributed by atoms with E-state index in [4.69, 9.17) is 17.2 Å². The minimum atomic E-state index is -0.453. The number of hydrogen-bond donors (Lipinski definition) is 3. The molecule has 0 aliphatic rings. The molecule has 4 heteroatoms. The van der Waals surface area contributed by atoms with Gasteiger partial charge in [-0.3, -0.25) is 0 Å². The molecule has 0 radical (unpaired) electrons. The van der Waals surface area contributed by atoms with Gasteiger partial charge in [0.1, 0.15) is 5.82 Å². The summed E-state index contributed by atoms with van der Waals surface area (Å²) in [6.07, 6.45) is 0. The first-order chi connectivity index (χ1) is 5.65. The Kier molecular flexibility index (Phi) is 2.62. The second-order valence-corrected chi connectivity index (χ2v) is 2.62. The van der Waals surface area contributed by atoms with Crippen molar-refractivity contribution >= 4 is 5.69 Å². The number of anilines is 1. The molecule has 0 unspecified atom stereocenters. The lowest BCUT2D eigenvalue weighted by molar-refractivity contribution is 0.585. The van der Waals surface area contributed by atoms with Crippen LogP contribution in [-0.4, -0.2) is 6.54 Å². The quantitative estimate of drug-likeness (QED) is 0.559. The largest absolute Gasteiger partial charge is 0.399 e. The third kappa shape index (κ3) is 1.72. The van der Waals surface area contributed by atoms with Gasteiger partial charge in [0.15, 0.2) is 0 Å². The smallest absolute Gasteiger partial charge is 0.130 e. The zero-order chi connectivity index (χ0) is 9.14. The predicted molar refractivity (Wildman–Crippen MR) is 46.8 cm³/mol. The highest BCUT2D eigenvalue weighted by molar-refractivity contribution is 5.41. The summed E-state index contributed by atoms with van der Waals surface area (Å²) < 4.78 is 13.1. The molecule has 0 spiro atoms. The molecule has 1 atom stereocenters. The van der Waals surface area contributed by atoms with Crippen LogP contribution in [0.25, 0.3) is 0 Å². The highest BCUT2D eigenvalue weighted by Gasteiger charge is 2.08. The average molecular weight is 169 g/mol. The highest BCUT2D eigenvalue weighted by atomic mass is 19.1. The molecule has 12 heavy (non-hydrogen) atoms. The molecule has 1 aromatic rings. The third-order valence-electron chi connectivity index (χ3n) is 1.68. The molecule has 0 bridgehead atoms. The molecule has 66 valence electrons. The van der Waals surface area contributed by atoms with Crippen molar-refractivity contribution in [3.05, 3.63) is 29.6 Å². The summed E-state index contributed by atoms with van der Waals surface area (Å²) in [5.41, 5.74) is 17.0. The van der Waals surface area contributed by atoms with Gasteiger partial charge < -0.3 is 17.2 Å². The zero-order valence-corrected chi connectivity index (χ0v) is 6.63. The van der Waals surface area contributed by atoms with Crippen molar-refractivity contribution in [3.63, 3.8) is 0 Å². The van der Waals surface area contributed by atoms with Gasteiger partial charge in [-0.1, -0.05) is 6.07 Å². The first-order valence-corrected chi connectivity index (χ1v) is 3.65. The van der Waals surface area contributed by atoms with Gasteiger partial charge in [-0.2, -0.15) is 0 Å². The lowest BCUT2D eigenvalue weighted by Gasteiger charge is -2.09. The fraction of sp³-hybridized carbons (Fsp3) is 0.250. The number of rotatable bonds is 2. The van der Waals surface area contributed by atoms with Crippen molar-refractivity contribution in [2.75, 3.05) is 12.3 Å². The Morgan fingerprint density at radius 2 is 2.08 bits per heavy atom. The van der Waals surface area contributed by atoms with Crippen LogP contribution in [0.1, 0.15) is 11.6 Å². The topological polar surface area (TPSA) is 78.1 Å². The van der Waals surface area contributed by atoms with Crippen molar-refractivity contribution in [3.8, 4) is 0 Å². The number of halogens is 1. The summed E-state index contributed by atoms with van der Waals surface area (Å²) in [7, 11) is 0. The van der Waals surface area contributed by atoms with Gasteiger partial charge in [-0.25, -0.2) is 4.39 Å². The van der Waals surface area contributed by atoms with E-state index in [1.165, 1.54) is 6.07 Å². The molecule has 0 aliphatic carbocycles. The maximum Gasteiger partial charge on any atom is 0.130 e. The summed E-state index contributed by atoms with van der Waals surface area (Å²) >= 11 is 0. The lowest BCUT2D eigenvalue weighted by atomic mass is 10.1. The van der Waals surface area contributed by atoms with Gasteiger partial charge in [0, 0.05) is 23.8 Å². The first kappa shape index (κ1) is 8.96. The summed E-state index contributed by atoms with van der Waals surface area (Å²) in [5.74, 6) is -0.395. The minimum absolute atomic E-state index is 0.223. The van der Waals surface area contributed by atoms with E-state index in [1.54, 1.807) is 12.1 Å². The molecular formula is C8H12FN3. The molecule has 0 aromatic heterocycles. The Bertz CT molecular complexity index is 275. The summed E-state index contributed by atoms with van der Waals surface area (Å²) in [5, 5.41) is 0.